The van der Waals surface area contributed by atoms with E-state index in [0.29, 0.717) is 67.0 Å². The third kappa shape index (κ3) is 36.3. The largest absolute Gasteiger partial charge is 0.508 e. The van der Waals surface area contributed by atoms with Crippen molar-refractivity contribution in [3.63, 3.8) is 0 Å². The van der Waals surface area contributed by atoms with Crippen LogP contribution >= 0.6 is 0 Å². The van der Waals surface area contributed by atoms with E-state index in [-0.39, 0.29) is 216 Å². The molecular formula is C89H148N28O15. The molecule has 2 aromatic carbocycles. The Morgan fingerprint density at radius 3 is 1.22 bits per heavy atom. The normalized spacial score (nSPS) is 23.6. The van der Waals surface area contributed by atoms with E-state index < -0.39 is 174 Å². The Balaban J connectivity index is 1.52. The van der Waals surface area contributed by atoms with E-state index in [1.165, 1.54) is 39.0 Å². The lowest BCUT2D eigenvalue weighted by Crippen LogP contribution is -2.61. The number of benzene rings is 2. The number of rotatable bonds is 37. The number of nitrogens with two attached hydrogens (primary N) is 10. The van der Waals surface area contributed by atoms with Crippen molar-refractivity contribution in [1.29, 1.82) is 0 Å². The van der Waals surface area contributed by atoms with Gasteiger partial charge in [0.15, 0.2) is 17.9 Å². The van der Waals surface area contributed by atoms with Gasteiger partial charge in [0.25, 0.3) is 0 Å². The van der Waals surface area contributed by atoms with Crippen molar-refractivity contribution < 1.29 is 72.2 Å². The van der Waals surface area contributed by atoms with Crippen LogP contribution in [0.15, 0.2) is 69.7 Å². The summed E-state index contributed by atoms with van der Waals surface area (Å²) >= 11 is 0. The molecule has 3 aliphatic heterocycles. The zero-order valence-corrected chi connectivity index (χ0v) is 77.5. The van der Waals surface area contributed by atoms with Crippen LogP contribution in [-0.2, 0) is 80.0 Å². The summed E-state index contributed by atoms with van der Waals surface area (Å²) < 4.78 is 0. The predicted molar refractivity (Wildman–Crippen MR) is 502 cm³/mol. The standard InChI is InChI=1S/C89H148N28O15/c1-52(2)46-66-79(125)105-61(24-9-12-36-90)75(121)109-65(26-11-14-38-92)84(130)115(43-16-15-39-93)51-72(119)104-60(27-17-40-100-87(94)95)74(120)112-69(49-56-50-103-59-23-8-7-22-58(56)59)82(128)106-62(25-10-13-37-91)76(122)111-68(48-55-32-34-57(118)35-33-55)81(127)108-64(29-19-42-102-89(98)99)78(124)114-73(54(5)6)86(132)117-45-21-31-71(117)85(131)116-44-20-30-70(116)83(129)113-67(47-53(3)4)80(126)107-63(77(123)110-66)28-18-41-101-88(96)97/h7-8,22-23,32-35,50,52-54,60-71,73,103,118H,9-21,24-31,36-49,51,90-93H2,1-6H3,(H,104,119)(H,105,125)(H,106,128)(H,107,126)(H,108,127)(H,109,121)(H,110,123)(H,111,122)(H,112,120)(H,113,129)(H,114,124)(H4,94,95,100)(H4,96,97,101)(H4,98,99,102)/t60-,61-,62-,63-,64-,65-,66-,67-,68-,69-,70-,71+,73-/m0/s1. The second-order valence-corrected chi connectivity index (χ2v) is 35.4. The molecule has 3 fully saturated rings. The van der Waals surface area contributed by atoms with E-state index in [4.69, 9.17) is 57.3 Å². The number of guanidine groups is 3. The molecule has 43 nitrogen and oxygen atoms in total. The summed E-state index contributed by atoms with van der Waals surface area (Å²) in [6.45, 7) is 10.6. The van der Waals surface area contributed by atoms with Crippen LogP contribution in [-0.4, -0.2) is 276 Å². The smallest absolute Gasteiger partial charge is 0.246 e. The van der Waals surface area contributed by atoms with Gasteiger partial charge in [-0.2, -0.15) is 0 Å². The average Bonchev–Trinajstić information content (AvgIpc) is 1.64. The first-order valence-corrected chi connectivity index (χ1v) is 46.5. The zero-order chi connectivity index (χ0) is 97.1. The Bertz CT molecular complexity index is 4360. The van der Waals surface area contributed by atoms with Crippen LogP contribution < -0.4 is 116 Å². The summed E-state index contributed by atoms with van der Waals surface area (Å²) in [6, 6.07) is -5.19. The Morgan fingerprint density at radius 1 is 0.394 bits per heavy atom. The summed E-state index contributed by atoms with van der Waals surface area (Å²) in [5.41, 5.74) is 60.0. The van der Waals surface area contributed by atoms with Crippen LogP contribution in [0.3, 0.4) is 0 Å². The summed E-state index contributed by atoms with van der Waals surface area (Å²) in [5.74, 6) is -13.4. The number of phenols is 1. The number of nitrogens with zero attached hydrogens (tertiary/aromatic N) is 6. The molecule has 3 saturated heterocycles. The minimum absolute atomic E-state index is 0.000391. The van der Waals surface area contributed by atoms with Crippen LogP contribution in [0.5, 0.6) is 5.75 Å². The Morgan fingerprint density at radius 2 is 0.765 bits per heavy atom. The number of aromatic hydroxyl groups is 1. The molecule has 0 bridgehead atoms. The quantitative estimate of drug-likeness (QED) is 0.0154. The van der Waals surface area contributed by atoms with Gasteiger partial charge < -0.3 is 141 Å². The number of H-pyrrole nitrogens is 1. The van der Waals surface area contributed by atoms with E-state index in [9.17, 15) is 19.5 Å². The predicted octanol–water partition coefficient (Wildman–Crippen LogP) is -3.15. The number of fused-ring (bicyclic) bond motifs is 3. The molecule has 3 aliphatic rings. The topological polar surface area (TPSA) is 714 Å². The van der Waals surface area contributed by atoms with Gasteiger partial charge in [-0.25, -0.2) is 0 Å². The highest BCUT2D eigenvalue weighted by Crippen LogP contribution is 2.29. The molecule has 33 N–H and O–H groups in total. The lowest BCUT2D eigenvalue weighted by molar-refractivity contribution is -0.148. The lowest BCUT2D eigenvalue weighted by atomic mass is 9.99. The van der Waals surface area contributed by atoms with E-state index >= 15 is 52.7 Å². The number of hydrogen-bond donors (Lipinski definition) is 23. The second kappa shape index (κ2) is 56.7. The average molecular weight is 1850 g/mol. The maximum absolute atomic E-state index is 15.5. The summed E-state index contributed by atoms with van der Waals surface area (Å²) in [5, 5.41) is 42.2. The van der Waals surface area contributed by atoms with Crippen molar-refractivity contribution in [3.8, 4) is 5.75 Å². The summed E-state index contributed by atoms with van der Waals surface area (Å²) in [6.07, 6.45) is 4.47. The lowest BCUT2D eigenvalue weighted by Gasteiger charge is -2.34. The van der Waals surface area contributed by atoms with Crippen molar-refractivity contribution in [1.82, 2.24) is 78.2 Å². The monoisotopic (exact) mass is 1850 g/mol. The van der Waals surface area contributed by atoms with Gasteiger partial charge in [-0.3, -0.25) is 82.1 Å². The first-order chi connectivity index (χ1) is 63.0. The van der Waals surface area contributed by atoms with Gasteiger partial charge in [0.05, 0.1) is 6.54 Å². The maximum Gasteiger partial charge on any atom is 0.246 e. The number of para-hydroxylation sites is 1. The first-order valence-electron chi connectivity index (χ1n) is 46.5. The fourth-order valence-electron chi connectivity index (χ4n) is 16.3. The molecule has 0 aliphatic carbocycles. The fourth-order valence-corrected chi connectivity index (χ4v) is 16.3. The number of aromatic amines is 1. The van der Waals surface area contributed by atoms with Gasteiger partial charge in [-0.05, 0) is 221 Å². The first kappa shape index (κ1) is 109. The number of phenolic OH excluding ortho intramolecular Hbond substituents is 1. The third-order valence-electron chi connectivity index (χ3n) is 23.3. The number of carbonyl (C=O) groups excluding carboxylic acids is 14. The van der Waals surface area contributed by atoms with Crippen molar-refractivity contribution in [3.05, 3.63) is 65.9 Å². The van der Waals surface area contributed by atoms with E-state index in [0.717, 1.165) is 0 Å². The van der Waals surface area contributed by atoms with Gasteiger partial charge in [0.2, 0.25) is 82.7 Å². The molecule has 132 heavy (non-hydrogen) atoms. The third-order valence-corrected chi connectivity index (χ3v) is 23.3. The van der Waals surface area contributed by atoms with Crippen LogP contribution in [0.2, 0.25) is 0 Å². The molecule has 1 aromatic heterocycles. The fraction of sp³-hybridized carbons (Fsp3) is 0.652. The molecule has 6 rings (SSSR count). The van der Waals surface area contributed by atoms with Crippen LogP contribution in [0.1, 0.15) is 200 Å². The Hall–Kier alpha value is -12.0. The molecule has 0 saturated carbocycles. The van der Waals surface area contributed by atoms with Gasteiger partial charge >= 0.3 is 0 Å². The Labute approximate surface area is 772 Å². The highest BCUT2D eigenvalue weighted by atomic mass is 16.3. The van der Waals surface area contributed by atoms with Crippen molar-refractivity contribution in [2.75, 3.05) is 72.0 Å². The number of carbonyl (C=O) groups is 14. The minimum Gasteiger partial charge on any atom is -0.508 e. The van der Waals surface area contributed by atoms with Crippen LogP contribution in [0.25, 0.3) is 10.9 Å². The zero-order valence-electron chi connectivity index (χ0n) is 77.5. The van der Waals surface area contributed by atoms with E-state index in [2.05, 4.69) is 78.4 Å². The van der Waals surface area contributed by atoms with Crippen LogP contribution in [0.4, 0.5) is 0 Å². The van der Waals surface area contributed by atoms with Gasteiger partial charge in [0.1, 0.15) is 84.3 Å². The highest BCUT2D eigenvalue weighted by Gasteiger charge is 2.46. The van der Waals surface area contributed by atoms with Crippen molar-refractivity contribution >= 4 is 111 Å². The molecule has 0 unspecified atom stereocenters. The maximum atomic E-state index is 15.5. The highest BCUT2D eigenvalue weighted by molar-refractivity contribution is 6.01. The minimum atomic E-state index is -1.57. The molecular weight excluding hydrogens is 1700 g/mol. The Kier molecular flexibility index (Phi) is 46.7. The summed E-state index contributed by atoms with van der Waals surface area (Å²) in [4.78, 5) is 232. The van der Waals surface area contributed by atoms with Gasteiger partial charge in [-0.15, -0.1) is 0 Å². The van der Waals surface area contributed by atoms with E-state index in [1.54, 1.807) is 58.2 Å². The van der Waals surface area contributed by atoms with Crippen molar-refractivity contribution in [2.45, 2.75) is 281 Å². The molecule has 0 spiro atoms. The molecule has 14 amide bonds. The molecule has 3 aromatic rings. The number of nitrogens with one attached hydrogen (secondary N) is 12. The second-order valence-electron chi connectivity index (χ2n) is 35.4. The number of hydrogen-bond acceptors (Lipinski definition) is 22. The van der Waals surface area contributed by atoms with E-state index in [1.807, 2.05) is 13.8 Å². The molecule has 4 heterocycles. The number of aromatic nitrogens is 1. The van der Waals surface area contributed by atoms with Gasteiger partial charge in [-0.1, -0.05) is 71.9 Å². The SMILES string of the molecule is CC(C)C[C@@H]1NC(=O)[C@H](CCCN=C(N)N)NC(=O)[C@H](CC(C)C)NC(=O)[C@@H]2CCCN2C(=O)[C@H]2CCCN2C(=O)[C@H](C(C)C)NC(=O)[C@H](CCCN=C(N)N)NC(=O)[C@H](Cc2ccc(O)cc2)NC(=O)[C@H](CCCCN)NC(=O)[C@H](Cc2c[nH]c3ccccc23)NC(=O)[C@H](CCCN=C(N)N)NC(=O)CN(CCCCN)C(=O)[C@H](CCCCN)NC(=O)[C@H](CCCCN)NC1=O. The number of amides is 14. The molecule has 0 radical (unpaired) electrons. The van der Waals surface area contributed by atoms with Crippen LogP contribution in [0, 0.1) is 17.8 Å². The molecule has 43 heteroatoms. The molecule has 734 valence electrons. The summed E-state index contributed by atoms with van der Waals surface area (Å²) in [7, 11) is 0. The number of unbranched alkanes of at least 4 members (excludes halogenated alkanes) is 4. The number of aliphatic imine (C=N–C) groups is 3. The van der Waals surface area contributed by atoms with Gasteiger partial charge in [0, 0.05) is 69.2 Å². The van der Waals surface area contributed by atoms with Crippen molar-refractivity contribution in [2.24, 2.45) is 90.1 Å². The molecule has 13 atom stereocenters.